The molecule has 194 valence electrons. The lowest BCUT2D eigenvalue weighted by atomic mass is 9.91. The maximum absolute atomic E-state index is 14.4. The Kier molecular flexibility index (Phi) is 7.26. The van der Waals surface area contributed by atoms with Gasteiger partial charge in [0.2, 0.25) is 0 Å². The first kappa shape index (κ1) is 25.9. The number of aliphatic hydroxyl groups is 1. The van der Waals surface area contributed by atoms with Gasteiger partial charge in [-0.1, -0.05) is 13.0 Å². The van der Waals surface area contributed by atoms with Crippen molar-refractivity contribution in [3.63, 3.8) is 0 Å². The molecule has 7 nitrogen and oxygen atoms in total. The predicted octanol–water partition coefficient (Wildman–Crippen LogP) is 4.56. The Balaban J connectivity index is 1.59. The molecule has 0 radical (unpaired) electrons. The monoisotopic (exact) mass is 503 g/mol. The van der Waals surface area contributed by atoms with Gasteiger partial charge in [0, 0.05) is 42.2 Å². The van der Waals surface area contributed by atoms with E-state index in [1.165, 1.54) is 26.1 Å². The number of halogens is 3. The fourth-order valence-corrected chi connectivity index (χ4v) is 4.41. The van der Waals surface area contributed by atoms with Crippen LogP contribution in [0.3, 0.4) is 0 Å². The van der Waals surface area contributed by atoms with Gasteiger partial charge in [-0.15, -0.1) is 0 Å². The minimum atomic E-state index is -2.91. The van der Waals surface area contributed by atoms with Crippen molar-refractivity contribution < 1.29 is 23.1 Å². The number of nitrogens with one attached hydrogen (secondary N) is 3. The summed E-state index contributed by atoms with van der Waals surface area (Å²) in [6.45, 7) is 4.22. The molecule has 0 saturated heterocycles. The van der Waals surface area contributed by atoms with Crippen LogP contribution in [0.5, 0.6) is 0 Å². The third-order valence-electron chi connectivity index (χ3n) is 6.74. The van der Waals surface area contributed by atoms with Crippen molar-refractivity contribution in [1.82, 2.24) is 15.3 Å². The molecule has 1 saturated carbocycles. The molecule has 3 atom stereocenters. The van der Waals surface area contributed by atoms with E-state index >= 15 is 0 Å². The lowest BCUT2D eigenvalue weighted by Gasteiger charge is -2.25. The summed E-state index contributed by atoms with van der Waals surface area (Å²) in [5.74, 6) is -3.07. The number of carbonyl (C=O) groups is 1. The van der Waals surface area contributed by atoms with Crippen LogP contribution in [0.2, 0.25) is 0 Å². The zero-order valence-electron chi connectivity index (χ0n) is 20.6. The molecule has 36 heavy (non-hydrogen) atoms. The van der Waals surface area contributed by atoms with Gasteiger partial charge in [-0.2, -0.15) is 0 Å². The van der Waals surface area contributed by atoms with E-state index in [0.717, 1.165) is 23.4 Å². The molecule has 2 aliphatic carbocycles. The van der Waals surface area contributed by atoms with E-state index in [9.17, 15) is 23.1 Å². The summed E-state index contributed by atoms with van der Waals surface area (Å²) in [5, 5.41) is 18.3. The summed E-state index contributed by atoms with van der Waals surface area (Å²) >= 11 is 0. The third-order valence-corrected chi connectivity index (χ3v) is 6.74. The number of alkyl halides is 3. The van der Waals surface area contributed by atoms with Crippen molar-refractivity contribution in [3.05, 3.63) is 53.1 Å². The number of allylic oxidation sites excluding steroid dienone is 1. The number of fused-ring (bicyclic) bond motifs is 1. The van der Waals surface area contributed by atoms with Gasteiger partial charge in [0.05, 0.1) is 29.4 Å². The Labute approximate surface area is 208 Å². The van der Waals surface area contributed by atoms with Gasteiger partial charge in [-0.3, -0.25) is 9.78 Å². The zero-order chi connectivity index (χ0) is 26.1. The number of anilines is 2. The van der Waals surface area contributed by atoms with Crippen molar-refractivity contribution in [2.75, 3.05) is 17.2 Å². The molecule has 1 amide bonds. The summed E-state index contributed by atoms with van der Waals surface area (Å²) in [5.41, 5.74) is 1.45. The molecule has 0 aliphatic heterocycles. The summed E-state index contributed by atoms with van der Waals surface area (Å²) in [6, 6.07) is 4.23. The number of nitrogens with zero attached hydrogens (tertiary/aromatic N) is 2. The average Bonchev–Trinajstić information content (AvgIpc) is 3.14. The zero-order valence-corrected chi connectivity index (χ0v) is 20.6. The molecule has 10 heteroatoms. The van der Waals surface area contributed by atoms with Crippen molar-refractivity contribution in [1.29, 1.82) is 0 Å². The van der Waals surface area contributed by atoms with Crippen LogP contribution >= 0.6 is 0 Å². The topological polar surface area (TPSA) is 99.2 Å². The molecule has 0 aromatic carbocycles. The average molecular weight is 504 g/mol. The van der Waals surface area contributed by atoms with Crippen molar-refractivity contribution in [2.45, 2.75) is 70.2 Å². The van der Waals surface area contributed by atoms with Crippen LogP contribution in [0, 0.1) is 5.92 Å². The second-order valence-corrected chi connectivity index (χ2v) is 10.2. The van der Waals surface area contributed by atoms with E-state index in [1.807, 2.05) is 25.1 Å². The normalized spacial score (nSPS) is 21.8. The molecule has 4 rings (SSSR count). The molecule has 2 aromatic rings. The lowest BCUT2D eigenvalue weighted by molar-refractivity contribution is -0.00208. The number of amides is 1. The minimum absolute atomic E-state index is 0.0198. The third kappa shape index (κ3) is 5.80. The molecule has 2 aromatic heterocycles. The van der Waals surface area contributed by atoms with Crippen LogP contribution in [-0.4, -0.2) is 51.3 Å². The Hall–Kier alpha value is -3.14. The smallest absolute Gasteiger partial charge is 0.267 e. The van der Waals surface area contributed by atoms with Gasteiger partial charge >= 0.3 is 0 Å². The fraction of sp³-hybridized carbons (Fsp3) is 0.500. The first-order valence-electron chi connectivity index (χ1n) is 12.2. The molecule has 0 spiro atoms. The van der Waals surface area contributed by atoms with Crippen molar-refractivity contribution in [3.8, 4) is 0 Å². The number of pyridine rings is 2. The van der Waals surface area contributed by atoms with Gasteiger partial charge in [-0.05, 0) is 50.8 Å². The highest BCUT2D eigenvalue weighted by Crippen LogP contribution is 2.38. The van der Waals surface area contributed by atoms with Crippen LogP contribution in [-0.2, 0) is 6.42 Å². The number of carbonyl (C=O) groups excluding carboxylic acids is 1. The Morgan fingerprint density at radius 2 is 2.11 bits per heavy atom. The van der Waals surface area contributed by atoms with E-state index in [-0.39, 0.29) is 30.0 Å². The molecule has 0 bridgehead atoms. The quantitative estimate of drug-likeness (QED) is 0.422. The lowest BCUT2D eigenvalue weighted by Crippen LogP contribution is -2.42. The van der Waals surface area contributed by atoms with Crippen LogP contribution < -0.4 is 16.0 Å². The summed E-state index contributed by atoms with van der Waals surface area (Å²) in [6.07, 6.45) is 4.46. The van der Waals surface area contributed by atoms with Gasteiger partial charge in [0.1, 0.15) is 12.0 Å². The fourth-order valence-electron chi connectivity index (χ4n) is 4.41. The standard InChI is InChI=1S/C26H32F3N5O2/c1-15-10-19-16(6-5-9-30-19)11-18(15)34-23-12-20(33-22-7-4-8-26(22,28)29)17(13-31-23)24(35)32-14-21(27)25(2,3)36/h5-6,9,11-13,15,21-22,36H,4,7-8,10,14H2,1-3H3,(H,32,35)(H2,31,33,34)/t15?,21-,22?/m1/s1. The summed E-state index contributed by atoms with van der Waals surface area (Å²) in [4.78, 5) is 21.6. The van der Waals surface area contributed by atoms with E-state index < -0.39 is 36.2 Å². The van der Waals surface area contributed by atoms with Crippen LogP contribution in [0.25, 0.3) is 6.08 Å². The van der Waals surface area contributed by atoms with Crippen molar-refractivity contribution >= 4 is 23.5 Å². The van der Waals surface area contributed by atoms with Crippen LogP contribution in [0.1, 0.15) is 61.6 Å². The van der Waals surface area contributed by atoms with Gasteiger partial charge < -0.3 is 21.1 Å². The minimum Gasteiger partial charge on any atom is -0.387 e. The first-order chi connectivity index (χ1) is 16.9. The van der Waals surface area contributed by atoms with Gasteiger partial charge in [0.15, 0.2) is 0 Å². The number of hydrogen-bond donors (Lipinski definition) is 4. The second-order valence-electron chi connectivity index (χ2n) is 10.2. The highest BCUT2D eigenvalue weighted by molar-refractivity contribution is 5.99. The molecular formula is C26H32F3N5O2. The Morgan fingerprint density at radius 1 is 1.33 bits per heavy atom. The van der Waals surface area contributed by atoms with Crippen molar-refractivity contribution in [2.24, 2.45) is 5.92 Å². The molecular weight excluding hydrogens is 471 g/mol. The maximum atomic E-state index is 14.4. The van der Waals surface area contributed by atoms with E-state index in [4.69, 9.17) is 0 Å². The molecule has 4 N–H and O–H groups in total. The van der Waals surface area contributed by atoms with Crippen LogP contribution in [0.4, 0.5) is 24.7 Å². The summed E-state index contributed by atoms with van der Waals surface area (Å²) < 4.78 is 42.9. The highest BCUT2D eigenvalue weighted by Gasteiger charge is 2.44. The highest BCUT2D eigenvalue weighted by atomic mass is 19.3. The maximum Gasteiger partial charge on any atom is 0.267 e. The Bertz CT molecular complexity index is 1150. The van der Waals surface area contributed by atoms with Crippen LogP contribution in [0.15, 0.2) is 36.3 Å². The van der Waals surface area contributed by atoms with E-state index in [1.54, 1.807) is 6.20 Å². The SMILES string of the molecule is CC1Cc2ncccc2C=C1Nc1cc(NC2CCCC2(F)F)c(C(=O)NC[C@@H](F)C(C)(C)O)cn1. The largest absolute Gasteiger partial charge is 0.387 e. The molecule has 1 fully saturated rings. The molecule has 2 unspecified atom stereocenters. The molecule has 2 heterocycles. The first-order valence-corrected chi connectivity index (χ1v) is 12.2. The van der Waals surface area contributed by atoms with Gasteiger partial charge in [0.25, 0.3) is 11.8 Å². The number of hydrogen-bond acceptors (Lipinski definition) is 6. The Morgan fingerprint density at radius 3 is 2.81 bits per heavy atom. The van der Waals surface area contributed by atoms with Gasteiger partial charge in [-0.25, -0.2) is 18.2 Å². The van der Waals surface area contributed by atoms with E-state index in [0.29, 0.717) is 12.2 Å². The number of rotatable bonds is 8. The number of aromatic nitrogens is 2. The predicted molar refractivity (Wildman–Crippen MR) is 133 cm³/mol. The van der Waals surface area contributed by atoms with E-state index in [2.05, 4.69) is 25.9 Å². The summed E-state index contributed by atoms with van der Waals surface area (Å²) in [7, 11) is 0. The second kappa shape index (κ2) is 10.1. The molecule has 2 aliphatic rings.